The van der Waals surface area contributed by atoms with E-state index in [0.717, 1.165) is 34.0 Å². The van der Waals surface area contributed by atoms with E-state index in [1.807, 2.05) is 40.6 Å². The van der Waals surface area contributed by atoms with E-state index >= 15 is 0 Å². The van der Waals surface area contributed by atoms with Crippen molar-refractivity contribution in [3.63, 3.8) is 0 Å². The summed E-state index contributed by atoms with van der Waals surface area (Å²) in [5.74, 6) is 1.51. The van der Waals surface area contributed by atoms with Gasteiger partial charge in [0.05, 0.1) is 0 Å². The van der Waals surface area contributed by atoms with E-state index < -0.39 is 0 Å². The Kier molecular flexibility index (Phi) is 5.33. The lowest BCUT2D eigenvalue weighted by atomic mass is 10.1. The van der Waals surface area contributed by atoms with Gasteiger partial charge in [-0.15, -0.1) is 0 Å². The van der Waals surface area contributed by atoms with Gasteiger partial charge in [-0.2, -0.15) is 0 Å². The molecule has 0 bridgehead atoms. The first-order chi connectivity index (χ1) is 12.0. The summed E-state index contributed by atoms with van der Waals surface area (Å²) in [7, 11) is 1.93. The largest absolute Gasteiger partial charge is 0.344 e. The second-order valence-electron chi connectivity index (χ2n) is 6.77. The third kappa shape index (κ3) is 3.52. The third-order valence-corrected chi connectivity index (χ3v) is 5.52. The summed E-state index contributed by atoms with van der Waals surface area (Å²) >= 11 is 1.68. The molecule has 3 rings (SSSR count). The fourth-order valence-corrected chi connectivity index (χ4v) is 3.92. The molecule has 25 heavy (non-hydrogen) atoms. The number of aryl methyl sites for hydroxylation is 1. The monoisotopic (exact) mass is 355 g/mol. The minimum atomic E-state index is 0.0581. The van der Waals surface area contributed by atoms with E-state index in [-0.39, 0.29) is 5.56 Å². The van der Waals surface area contributed by atoms with Crippen molar-refractivity contribution in [2.45, 2.75) is 38.9 Å². The van der Waals surface area contributed by atoms with E-state index in [0.29, 0.717) is 18.0 Å². The first-order valence-electron chi connectivity index (χ1n) is 8.81. The van der Waals surface area contributed by atoms with Crippen LogP contribution in [-0.4, -0.2) is 19.9 Å². The average Bonchev–Trinajstić information content (AvgIpc) is 2.93. The summed E-state index contributed by atoms with van der Waals surface area (Å²) in [5.41, 5.74) is 3.65. The number of hydrogen-bond acceptors (Lipinski definition) is 3. The van der Waals surface area contributed by atoms with Gasteiger partial charge in [-0.05, 0) is 17.9 Å². The van der Waals surface area contributed by atoms with Crippen LogP contribution in [-0.2, 0) is 13.6 Å². The molecule has 4 nitrogen and oxygen atoms in total. The summed E-state index contributed by atoms with van der Waals surface area (Å²) in [6, 6.07) is 10.2. The molecule has 132 valence electrons. The Hall–Kier alpha value is -2.01. The number of benzene rings is 1. The van der Waals surface area contributed by atoms with E-state index in [9.17, 15) is 4.79 Å². The van der Waals surface area contributed by atoms with Gasteiger partial charge in [0.1, 0.15) is 11.0 Å². The highest BCUT2D eigenvalue weighted by molar-refractivity contribution is 7.99. The molecular formula is C20H25N3OS. The van der Waals surface area contributed by atoms with Crippen molar-refractivity contribution in [1.82, 2.24) is 14.1 Å². The Labute approximate surface area is 152 Å². The van der Waals surface area contributed by atoms with E-state index in [4.69, 9.17) is 4.98 Å². The zero-order valence-corrected chi connectivity index (χ0v) is 16.1. The van der Waals surface area contributed by atoms with Crippen LogP contribution >= 0.6 is 11.8 Å². The maximum absolute atomic E-state index is 13.1. The standard InChI is InChI=1S/C20H25N3OS/c1-5-11-23-19(24)18-17(21-20(23)25-13-14(2)3)16(12-22(18)4)15-9-7-6-8-10-15/h6-10,12,14H,5,11,13H2,1-4H3. The molecule has 0 N–H and O–H groups in total. The summed E-state index contributed by atoms with van der Waals surface area (Å²) in [6.45, 7) is 7.17. The van der Waals surface area contributed by atoms with Crippen LogP contribution in [0.2, 0.25) is 0 Å². The fraction of sp³-hybridized carbons (Fsp3) is 0.400. The quantitative estimate of drug-likeness (QED) is 0.481. The zero-order valence-electron chi connectivity index (χ0n) is 15.3. The second kappa shape index (κ2) is 7.48. The van der Waals surface area contributed by atoms with Gasteiger partial charge in [-0.25, -0.2) is 4.98 Å². The Balaban J connectivity index is 2.24. The van der Waals surface area contributed by atoms with Crippen LogP contribution in [0.25, 0.3) is 22.2 Å². The molecule has 0 fully saturated rings. The fourth-order valence-electron chi connectivity index (χ4n) is 2.95. The molecule has 0 saturated carbocycles. The highest BCUT2D eigenvalue weighted by atomic mass is 32.2. The molecule has 0 aliphatic carbocycles. The van der Waals surface area contributed by atoms with Gasteiger partial charge in [0.15, 0.2) is 5.16 Å². The van der Waals surface area contributed by atoms with Crippen molar-refractivity contribution in [3.8, 4) is 11.1 Å². The SMILES string of the molecule is CCCn1c(SCC(C)C)nc2c(-c3ccccc3)cn(C)c2c1=O. The van der Waals surface area contributed by atoms with Gasteiger partial charge in [-0.3, -0.25) is 9.36 Å². The van der Waals surface area contributed by atoms with Gasteiger partial charge in [0, 0.05) is 31.1 Å². The van der Waals surface area contributed by atoms with E-state index in [2.05, 4.69) is 32.9 Å². The molecule has 5 heteroatoms. The third-order valence-electron chi connectivity index (χ3n) is 4.12. The molecule has 3 aromatic rings. The number of rotatable bonds is 6. The Morgan fingerprint density at radius 1 is 1.20 bits per heavy atom. The van der Waals surface area contributed by atoms with Crippen molar-refractivity contribution in [2.75, 3.05) is 5.75 Å². The molecule has 1 aromatic carbocycles. The predicted octanol–water partition coefficient (Wildman–Crippen LogP) is 4.56. The highest BCUT2D eigenvalue weighted by Crippen LogP contribution is 2.29. The average molecular weight is 356 g/mol. The molecule has 0 amide bonds. The topological polar surface area (TPSA) is 39.8 Å². The zero-order chi connectivity index (χ0) is 18.0. The Morgan fingerprint density at radius 3 is 2.56 bits per heavy atom. The molecule has 0 radical (unpaired) electrons. The highest BCUT2D eigenvalue weighted by Gasteiger charge is 2.18. The minimum absolute atomic E-state index is 0.0581. The summed E-state index contributed by atoms with van der Waals surface area (Å²) in [4.78, 5) is 18.1. The number of aromatic nitrogens is 3. The van der Waals surface area contributed by atoms with Crippen molar-refractivity contribution < 1.29 is 0 Å². The van der Waals surface area contributed by atoms with Crippen LogP contribution < -0.4 is 5.56 Å². The van der Waals surface area contributed by atoms with Crippen molar-refractivity contribution >= 4 is 22.8 Å². The van der Waals surface area contributed by atoms with Gasteiger partial charge in [0.2, 0.25) is 0 Å². The lowest BCUT2D eigenvalue weighted by Crippen LogP contribution is -2.24. The Bertz CT molecular complexity index is 926. The Morgan fingerprint density at radius 2 is 1.92 bits per heavy atom. The summed E-state index contributed by atoms with van der Waals surface area (Å²) < 4.78 is 3.75. The summed E-state index contributed by atoms with van der Waals surface area (Å²) in [6.07, 6.45) is 2.93. The van der Waals surface area contributed by atoms with Crippen LogP contribution in [0.4, 0.5) is 0 Å². The first kappa shape index (κ1) is 17.8. The van der Waals surface area contributed by atoms with Crippen LogP contribution in [0.15, 0.2) is 46.5 Å². The van der Waals surface area contributed by atoms with Gasteiger partial charge >= 0.3 is 0 Å². The first-order valence-corrected chi connectivity index (χ1v) is 9.79. The number of nitrogens with zero attached hydrogens (tertiary/aromatic N) is 3. The van der Waals surface area contributed by atoms with Crippen LogP contribution in [0.1, 0.15) is 27.2 Å². The van der Waals surface area contributed by atoms with Gasteiger partial charge in [0.25, 0.3) is 5.56 Å². The molecule has 0 aliphatic heterocycles. The normalized spacial score (nSPS) is 11.6. The van der Waals surface area contributed by atoms with Crippen LogP contribution in [0.5, 0.6) is 0 Å². The van der Waals surface area contributed by atoms with Crippen LogP contribution in [0.3, 0.4) is 0 Å². The molecule has 0 aliphatic rings. The molecule has 0 unspecified atom stereocenters. The minimum Gasteiger partial charge on any atom is -0.344 e. The smallest absolute Gasteiger partial charge is 0.278 e. The van der Waals surface area contributed by atoms with Crippen molar-refractivity contribution in [1.29, 1.82) is 0 Å². The number of hydrogen-bond donors (Lipinski definition) is 0. The molecule has 0 saturated heterocycles. The molecule has 0 spiro atoms. The van der Waals surface area contributed by atoms with Gasteiger partial charge in [-0.1, -0.05) is 62.9 Å². The maximum Gasteiger partial charge on any atom is 0.278 e. The van der Waals surface area contributed by atoms with Crippen molar-refractivity contribution in [3.05, 3.63) is 46.9 Å². The summed E-state index contributed by atoms with van der Waals surface area (Å²) in [5, 5.41) is 0.830. The van der Waals surface area contributed by atoms with E-state index in [1.54, 1.807) is 11.8 Å². The molecule has 2 heterocycles. The van der Waals surface area contributed by atoms with Gasteiger partial charge < -0.3 is 4.57 Å². The predicted molar refractivity (Wildman–Crippen MR) is 106 cm³/mol. The molecule has 2 aromatic heterocycles. The lowest BCUT2D eigenvalue weighted by molar-refractivity contribution is 0.581. The molecule has 0 atom stereocenters. The van der Waals surface area contributed by atoms with Crippen molar-refractivity contribution in [2.24, 2.45) is 13.0 Å². The van der Waals surface area contributed by atoms with Crippen LogP contribution in [0, 0.1) is 5.92 Å². The lowest BCUT2D eigenvalue weighted by Gasteiger charge is -2.13. The molecular weight excluding hydrogens is 330 g/mol. The van der Waals surface area contributed by atoms with E-state index in [1.165, 1.54) is 0 Å². The number of fused-ring (bicyclic) bond motifs is 1. The number of thioether (sulfide) groups is 1. The maximum atomic E-state index is 13.1. The second-order valence-corrected chi connectivity index (χ2v) is 7.76.